The average Bonchev–Trinajstić information content (AvgIpc) is 3.14. The van der Waals surface area contributed by atoms with Crippen molar-refractivity contribution in [2.24, 2.45) is 0 Å². The van der Waals surface area contributed by atoms with Crippen molar-refractivity contribution in [1.29, 1.82) is 0 Å². The van der Waals surface area contributed by atoms with Gasteiger partial charge in [-0.1, -0.05) is 6.07 Å². The summed E-state index contributed by atoms with van der Waals surface area (Å²) in [5.74, 6) is -3.56. The molecule has 0 bridgehead atoms. The normalized spacial score (nSPS) is 11.3. The van der Waals surface area contributed by atoms with E-state index in [9.17, 15) is 31.5 Å². The van der Waals surface area contributed by atoms with Crippen LogP contribution >= 0.6 is 11.3 Å². The number of thiazole rings is 1. The molecule has 5 nitrogen and oxygen atoms in total. The maximum absolute atomic E-state index is 13.7. The SMILES string of the molecule is CC(=O)N(c1cccc(C(F)(F)F)c1)c1nc(COC(=O)c2ccc(F)cc2F)cs1. The third kappa shape index (κ3) is 5.23. The Labute approximate surface area is 176 Å². The molecule has 1 aromatic heterocycles. The summed E-state index contributed by atoms with van der Waals surface area (Å²) in [6.07, 6.45) is -4.59. The molecule has 162 valence electrons. The van der Waals surface area contributed by atoms with Crippen LogP contribution in [0.25, 0.3) is 0 Å². The molecule has 0 aliphatic rings. The summed E-state index contributed by atoms with van der Waals surface area (Å²) in [5, 5.41) is 1.50. The summed E-state index contributed by atoms with van der Waals surface area (Å²) in [4.78, 5) is 29.2. The van der Waals surface area contributed by atoms with Crippen LogP contribution in [0.4, 0.5) is 32.8 Å². The highest BCUT2D eigenvalue weighted by Crippen LogP contribution is 2.35. The molecule has 0 radical (unpaired) electrons. The van der Waals surface area contributed by atoms with Gasteiger partial charge in [-0.05, 0) is 30.3 Å². The van der Waals surface area contributed by atoms with Gasteiger partial charge in [0.1, 0.15) is 18.2 Å². The van der Waals surface area contributed by atoms with Gasteiger partial charge in [-0.25, -0.2) is 18.6 Å². The highest BCUT2D eigenvalue weighted by atomic mass is 32.1. The Hall–Kier alpha value is -3.34. The zero-order chi connectivity index (χ0) is 22.8. The minimum absolute atomic E-state index is 0.0337. The second-order valence-corrected chi connectivity index (χ2v) is 7.06. The summed E-state index contributed by atoms with van der Waals surface area (Å²) in [6, 6.07) is 6.57. The van der Waals surface area contributed by atoms with Crippen LogP contribution in [0.2, 0.25) is 0 Å². The third-order valence-corrected chi connectivity index (χ3v) is 4.85. The lowest BCUT2D eigenvalue weighted by Crippen LogP contribution is -2.23. The second kappa shape index (κ2) is 8.80. The number of nitrogens with zero attached hydrogens (tertiary/aromatic N) is 2. The molecule has 1 amide bonds. The van der Waals surface area contributed by atoms with Crippen LogP contribution in [0.15, 0.2) is 47.8 Å². The Balaban J connectivity index is 1.78. The number of hydrogen-bond donors (Lipinski definition) is 0. The Kier molecular flexibility index (Phi) is 6.34. The monoisotopic (exact) mass is 456 g/mol. The van der Waals surface area contributed by atoms with Crippen LogP contribution in [-0.4, -0.2) is 16.9 Å². The van der Waals surface area contributed by atoms with E-state index in [1.54, 1.807) is 0 Å². The largest absolute Gasteiger partial charge is 0.455 e. The Morgan fingerprint density at radius 1 is 1.13 bits per heavy atom. The molecule has 0 unspecified atom stereocenters. The third-order valence-electron chi connectivity index (χ3n) is 3.98. The lowest BCUT2D eigenvalue weighted by molar-refractivity contribution is -0.137. The molecule has 1 heterocycles. The number of anilines is 2. The molecule has 0 saturated heterocycles. The molecule has 0 fully saturated rings. The van der Waals surface area contributed by atoms with E-state index in [1.807, 2.05) is 0 Å². The van der Waals surface area contributed by atoms with Gasteiger partial charge >= 0.3 is 12.1 Å². The first-order chi connectivity index (χ1) is 14.6. The minimum Gasteiger partial charge on any atom is -0.455 e. The zero-order valence-corrected chi connectivity index (χ0v) is 16.6. The number of aromatic nitrogens is 1. The molecule has 3 aromatic rings. The van der Waals surface area contributed by atoms with Crippen molar-refractivity contribution in [2.45, 2.75) is 19.7 Å². The van der Waals surface area contributed by atoms with E-state index in [1.165, 1.54) is 24.4 Å². The molecule has 0 saturated carbocycles. The van der Waals surface area contributed by atoms with E-state index < -0.39 is 40.8 Å². The Bertz CT molecular complexity index is 1130. The number of esters is 1. The van der Waals surface area contributed by atoms with Crippen LogP contribution in [0.5, 0.6) is 0 Å². The number of benzene rings is 2. The predicted molar refractivity (Wildman–Crippen MR) is 102 cm³/mol. The molecule has 2 aromatic carbocycles. The number of alkyl halides is 3. The van der Waals surface area contributed by atoms with Crippen molar-refractivity contribution in [3.05, 3.63) is 76.3 Å². The fourth-order valence-electron chi connectivity index (χ4n) is 2.59. The van der Waals surface area contributed by atoms with Gasteiger partial charge in [0, 0.05) is 18.4 Å². The average molecular weight is 456 g/mol. The number of rotatable bonds is 5. The van der Waals surface area contributed by atoms with E-state index in [2.05, 4.69) is 4.98 Å². The Morgan fingerprint density at radius 2 is 1.87 bits per heavy atom. The van der Waals surface area contributed by atoms with Crippen LogP contribution < -0.4 is 4.90 Å². The molecular weight excluding hydrogens is 443 g/mol. The first-order valence-electron chi connectivity index (χ1n) is 8.61. The smallest absolute Gasteiger partial charge is 0.416 e. The van der Waals surface area contributed by atoms with Crippen molar-refractivity contribution in [3.8, 4) is 0 Å². The van der Waals surface area contributed by atoms with Gasteiger partial charge < -0.3 is 4.74 Å². The molecule has 0 aliphatic heterocycles. The summed E-state index contributed by atoms with van der Waals surface area (Å²) < 4.78 is 70.5. The highest BCUT2D eigenvalue weighted by molar-refractivity contribution is 7.14. The lowest BCUT2D eigenvalue weighted by Gasteiger charge is -2.19. The molecule has 31 heavy (non-hydrogen) atoms. The second-order valence-electron chi connectivity index (χ2n) is 6.22. The zero-order valence-electron chi connectivity index (χ0n) is 15.7. The Morgan fingerprint density at radius 3 is 2.52 bits per heavy atom. The maximum atomic E-state index is 13.7. The number of carbonyl (C=O) groups is 2. The summed E-state index contributed by atoms with van der Waals surface area (Å²) >= 11 is 0.945. The fourth-order valence-corrected chi connectivity index (χ4v) is 3.46. The van der Waals surface area contributed by atoms with E-state index in [0.717, 1.165) is 40.5 Å². The minimum atomic E-state index is -4.59. The van der Waals surface area contributed by atoms with E-state index >= 15 is 0 Å². The predicted octanol–water partition coefficient (Wildman–Crippen LogP) is 5.48. The molecule has 0 spiro atoms. The van der Waals surface area contributed by atoms with Crippen LogP contribution in [-0.2, 0) is 22.3 Å². The molecular formula is C20H13F5N2O3S. The first-order valence-corrected chi connectivity index (χ1v) is 9.49. The molecule has 0 aliphatic carbocycles. The van der Waals surface area contributed by atoms with E-state index in [0.29, 0.717) is 6.07 Å². The van der Waals surface area contributed by atoms with Crippen LogP contribution in [0.3, 0.4) is 0 Å². The fraction of sp³-hybridized carbons (Fsp3) is 0.150. The number of halogens is 5. The number of hydrogen-bond acceptors (Lipinski definition) is 5. The molecule has 11 heteroatoms. The highest BCUT2D eigenvalue weighted by Gasteiger charge is 2.31. The molecule has 0 atom stereocenters. The first kappa shape index (κ1) is 22.3. The van der Waals surface area contributed by atoms with Crippen LogP contribution in [0, 0.1) is 11.6 Å². The van der Waals surface area contributed by atoms with Crippen LogP contribution in [0.1, 0.15) is 28.5 Å². The molecule has 0 N–H and O–H groups in total. The van der Waals surface area contributed by atoms with Crippen molar-refractivity contribution in [2.75, 3.05) is 4.90 Å². The quantitative estimate of drug-likeness (QED) is 0.377. The molecule has 3 rings (SSSR count). The van der Waals surface area contributed by atoms with E-state index in [-0.39, 0.29) is 23.1 Å². The van der Waals surface area contributed by atoms with Gasteiger partial charge in [0.25, 0.3) is 0 Å². The van der Waals surface area contributed by atoms with Crippen molar-refractivity contribution in [1.82, 2.24) is 4.98 Å². The van der Waals surface area contributed by atoms with Crippen molar-refractivity contribution >= 4 is 34.0 Å². The standard InChI is InChI=1S/C20H13F5N2O3S/c1-11(28)27(15-4-2-3-12(7-15)20(23,24)25)19-26-14(10-31-19)9-30-18(29)16-6-5-13(21)8-17(16)22/h2-8,10H,9H2,1H3. The van der Waals surface area contributed by atoms with Gasteiger partial charge in [0.05, 0.1) is 22.5 Å². The maximum Gasteiger partial charge on any atom is 0.416 e. The summed E-state index contributed by atoms with van der Waals surface area (Å²) in [6.45, 7) is 0.777. The van der Waals surface area contributed by atoms with Crippen molar-refractivity contribution in [3.63, 3.8) is 0 Å². The van der Waals surface area contributed by atoms with E-state index in [4.69, 9.17) is 4.74 Å². The van der Waals surface area contributed by atoms with Gasteiger partial charge in [-0.3, -0.25) is 9.69 Å². The van der Waals surface area contributed by atoms with Gasteiger partial charge in [0.15, 0.2) is 5.13 Å². The summed E-state index contributed by atoms with van der Waals surface area (Å²) in [7, 11) is 0. The van der Waals surface area contributed by atoms with Gasteiger partial charge in [-0.2, -0.15) is 13.2 Å². The van der Waals surface area contributed by atoms with Gasteiger partial charge in [0.2, 0.25) is 5.91 Å². The number of carbonyl (C=O) groups excluding carboxylic acids is 2. The number of amides is 1. The van der Waals surface area contributed by atoms with Gasteiger partial charge in [-0.15, -0.1) is 11.3 Å². The lowest BCUT2D eigenvalue weighted by atomic mass is 10.2. The topological polar surface area (TPSA) is 59.5 Å². The number of ether oxygens (including phenoxy) is 1. The summed E-state index contributed by atoms with van der Waals surface area (Å²) in [5.41, 5.74) is -1.24. The van der Waals surface area contributed by atoms with Crippen molar-refractivity contribution < 1.29 is 36.3 Å².